The van der Waals surface area contributed by atoms with Crippen LogP contribution in [0.3, 0.4) is 0 Å². The molecule has 1 aromatic rings. The van der Waals surface area contributed by atoms with Crippen molar-refractivity contribution in [3.05, 3.63) is 30.1 Å². The molecule has 0 unspecified atom stereocenters. The molecule has 0 saturated carbocycles. The summed E-state index contributed by atoms with van der Waals surface area (Å²) >= 11 is 0. The first-order chi connectivity index (χ1) is 6.24. The predicted molar refractivity (Wildman–Crippen MR) is 51.5 cm³/mol. The van der Waals surface area contributed by atoms with Crippen LogP contribution >= 0.6 is 0 Å². The van der Waals surface area contributed by atoms with Crippen LogP contribution in [0.15, 0.2) is 29.6 Å². The number of pyridine rings is 1. The van der Waals surface area contributed by atoms with Crippen molar-refractivity contribution in [2.75, 3.05) is 7.05 Å². The summed E-state index contributed by atoms with van der Waals surface area (Å²) in [6, 6.07) is 3.84. The third-order valence-electron chi connectivity index (χ3n) is 1.67. The quantitative estimate of drug-likeness (QED) is 0.283. The van der Waals surface area contributed by atoms with E-state index in [1.165, 1.54) is 0 Å². The predicted octanol–water partition coefficient (Wildman–Crippen LogP) is -0.298. The molecule has 0 radical (unpaired) electrons. The molecule has 0 saturated heterocycles. The zero-order valence-corrected chi connectivity index (χ0v) is 7.51. The van der Waals surface area contributed by atoms with E-state index in [-0.39, 0.29) is 0 Å². The van der Waals surface area contributed by atoms with Gasteiger partial charge in [0.25, 0.3) is 0 Å². The SMILES string of the molecule is CN(Cc1cccnc1)C(N)=NN. The summed E-state index contributed by atoms with van der Waals surface area (Å²) in [5.74, 6) is 5.34. The van der Waals surface area contributed by atoms with Crippen LogP contribution in [0.5, 0.6) is 0 Å². The van der Waals surface area contributed by atoms with Gasteiger partial charge in [0.15, 0.2) is 0 Å². The van der Waals surface area contributed by atoms with Crippen LogP contribution in [0.2, 0.25) is 0 Å². The Morgan fingerprint density at radius 1 is 1.69 bits per heavy atom. The van der Waals surface area contributed by atoms with Gasteiger partial charge in [0.05, 0.1) is 0 Å². The summed E-state index contributed by atoms with van der Waals surface area (Å²) in [4.78, 5) is 5.73. The monoisotopic (exact) mass is 179 g/mol. The molecular formula is C8H13N5. The average Bonchev–Trinajstić information content (AvgIpc) is 2.18. The third-order valence-corrected chi connectivity index (χ3v) is 1.67. The Morgan fingerprint density at radius 3 is 3.00 bits per heavy atom. The zero-order chi connectivity index (χ0) is 9.68. The van der Waals surface area contributed by atoms with E-state index in [1.54, 1.807) is 17.3 Å². The molecule has 4 N–H and O–H groups in total. The Hall–Kier alpha value is -1.78. The fraction of sp³-hybridized carbons (Fsp3) is 0.250. The molecular weight excluding hydrogens is 166 g/mol. The van der Waals surface area contributed by atoms with Crippen molar-refractivity contribution in [3.8, 4) is 0 Å². The number of nitrogens with zero attached hydrogens (tertiary/aromatic N) is 3. The van der Waals surface area contributed by atoms with Gasteiger partial charge in [-0.3, -0.25) is 4.98 Å². The summed E-state index contributed by atoms with van der Waals surface area (Å²) in [6.07, 6.45) is 3.50. The van der Waals surface area contributed by atoms with E-state index in [1.807, 2.05) is 19.2 Å². The maximum absolute atomic E-state index is 5.49. The molecule has 0 amide bonds. The van der Waals surface area contributed by atoms with Crippen LogP contribution in [0, 0.1) is 0 Å². The molecule has 0 aliphatic rings. The molecule has 1 heterocycles. The van der Waals surface area contributed by atoms with Crippen LogP contribution in [0.25, 0.3) is 0 Å². The summed E-state index contributed by atoms with van der Waals surface area (Å²) < 4.78 is 0. The van der Waals surface area contributed by atoms with Gasteiger partial charge in [0.2, 0.25) is 5.96 Å². The van der Waals surface area contributed by atoms with Gasteiger partial charge in [0, 0.05) is 26.0 Å². The van der Waals surface area contributed by atoms with Crippen LogP contribution in [0.4, 0.5) is 0 Å². The van der Waals surface area contributed by atoms with E-state index >= 15 is 0 Å². The lowest BCUT2D eigenvalue weighted by atomic mass is 10.3. The second-order valence-corrected chi connectivity index (χ2v) is 2.70. The molecule has 5 nitrogen and oxygen atoms in total. The zero-order valence-electron chi connectivity index (χ0n) is 7.51. The minimum absolute atomic E-state index is 0.309. The van der Waals surface area contributed by atoms with Crippen molar-refractivity contribution in [2.45, 2.75) is 6.54 Å². The molecule has 0 fully saturated rings. The summed E-state index contributed by atoms with van der Waals surface area (Å²) in [5, 5.41) is 3.38. The Morgan fingerprint density at radius 2 is 2.46 bits per heavy atom. The van der Waals surface area contributed by atoms with Crippen molar-refractivity contribution < 1.29 is 0 Å². The first-order valence-corrected chi connectivity index (χ1v) is 3.87. The number of nitrogens with two attached hydrogens (primary N) is 2. The standard InChI is InChI=1S/C8H13N5/c1-13(8(9)12-10)6-7-3-2-4-11-5-7/h2-5H,6,10H2,1H3,(H2,9,12). The number of aromatic nitrogens is 1. The Bertz CT molecular complexity index is 282. The van der Waals surface area contributed by atoms with Gasteiger partial charge in [-0.25, -0.2) is 0 Å². The summed E-state index contributed by atoms with van der Waals surface area (Å²) in [6.45, 7) is 0.653. The number of hydrazone groups is 1. The Balaban J connectivity index is 2.60. The fourth-order valence-corrected chi connectivity index (χ4v) is 0.945. The van der Waals surface area contributed by atoms with Crippen molar-refractivity contribution >= 4 is 5.96 Å². The van der Waals surface area contributed by atoms with E-state index in [9.17, 15) is 0 Å². The smallest absolute Gasteiger partial charge is 0.213 e. The molecule has 0 aromatic carbocycles. The molecule has 0 aliphatic carbocycles. The molecule has 70 valence electrons. The highest BCUT2D eigenvalue weighted by molar-refractivity contribution is 5.77. The van der Waals surface area contributed by atoms with Gasteiger partial charge in [-0.05, 0) is 11.6 Å². The van der Waals surface area contributed by atoms with Crippen LogP contribution in [-0.2, 0) is 6.54 Å². The maximum Gasteiger partial charge on any atom is 0.213 e. The highest BCUT2D eigenvalue weighted by atomic mass is 15.3. The van der Waals surface area contributed by atoms with Crippen molar-refractivity contribution in [1.29, 1.82) is 0 Å². The number of rotatable bonds is 2. The largest absolute Gasteiger partial charge is 0.368 e. The van der Waals surface area contributed by atoms with Gasteiger partial charge in [0.1, 0.15) is 0 Å². The number of hydrogen-bond acceptors (Lipinski definition) is 3. The first-order valence-electron chi connectivity index (χ1n) is 3.87. The number of guanidine groups is 1. The minimum atomic E-state index is 0.309. The Labute approximate surface area is 77.1 Å². The van der Waals surface area contributed by atoms with E-state index < -0.39 is 0 Å². The van der Waals surface area contributed by atoms with E-state index in [2.05, 4.69) is 10.1 Å². The van der Waals surface area contributed by atoms with Crippen molar-refractivity contribution in [3.63, 3.8) is 0 Å². The molecule has 0 bridgehead atoms. The molecule has 5 heteroatoms. The number of hydrogen-bond donors (Lipinski definition) is 2. The van der Waals surface area contributed by atoms with Crippen molar-refractivity contribution in [1.82, 2.24) is 9.88 Å². The van der Waals surface area contributed by atoms with Crippen LogP contribution in [-0.4, -0.2) is 22.9 Å². The van der Waals surface area contributed by atoms with Crippen LogP contribution < -0.4 is 11.6 Å². The third kappa shape index (κ3) is 2.62. The minimum Gasteiger partial charge on any atom is -0.368 e. The lowest BCUT2D eigenvalue weighted by Gasteiger charge is -2.16. The molecule has 1 rings (SSSR count). The fourth-order valence-electron chi connectivity index (χ4n) is 0.945. The van der Waals surface area contributed by atoms with Gasteiger partial charge in [-0.15, -0.1) is 5.10 Å². The molecule has 13 heavy (non-hydrogen) atoms. The molecule has 0 atom stereocenters. The topological polar surface area (TPSA) is 80.5 Å². The highest BCUT2D eigenvalue weighted by Crippen LogP contribution is 1.99. The molecule has 0 spiro atoms. The first kappa shape index (κ1) is 9.31. The van der Waals surface area contributed by atoms with E-state index in [0.29, 0.717) is 12.5 Å². The highest BCUT2D eigenvalue weighted by Gasteiger charge is 2.01. The van der Waals surface area contributed by atoms with E-state index in [0.717, 1.165) is 5.56 Å². The summed E-state index contributed by atoms with van der Waals surface area (Å²) in [5.41, 5.74) is 6.56. The van der Waals surface area contributed by atoms with Gasteiger partial charge in [-0.2, -0.15) is 0 Å². The Kier molecular flexibility index (Phi) is 3.08. The van der Waals surface area contributed by atoms with Gasteiger partial charge in [-0.1, -0.05) is 6.07 Å². The lowest BCUT2D eigenvalue weighted by molar-refractivity contribution is 0.491. The maximum atomic E-state index is 5.49. The average molecular weight is 179 g/mol. The van der Waals surface area contributed by atoms with Gasteiger partial charge < -0.3 is 16.5 Å². The van der Waals surface area contributed by atoms with Gasteiger partial charge >= 0.3 is 0 Å². The second-order valence-electron chi connectivity index (χ2n) is 2.70. The normalized spacial score (nSPS) is 11.3. The van der Waals surface area contributed by atoms with Crippen molar-refractivity contribution in [2.24, 2.45) is 16.7 Å². The molecule has 1 aromatic heterocycles. The second kappa shape index (κ2) is 4.30. The van der Waals surface area contributed by atoms with E-state index in [4.69, 9.17) is 11.6 Å². The molecule has 0 aliphatic heterocycles. The summed E-state index contributed by atoms with van der Waals surface area (Å²) in [7, 11) is 1.82. The van der Waals surface area contributed by atoms with Crippen LogP contribution in [0.1, 0.15) is 5.56 Å². The lowest BCUT2D eigenvalue weighted by Crippen LogP contribution is -2.34.